The predicted molar refractivity (Wildman–Crippen MR) is 147 cm³/mol. The number of benzene rings is 3. The molecular weight excluding hydrogens is 444 g/mol. The van der Waals surface area contributed by atoms with E-state index in [9.17, 15) is 4.79 Å². The van der Waals surface area contributed by atoms with E-state index in [-0.39, 0.29) is 11.3 Å². The minimum Gasteiger partial charge on any atom is -0.495 e. The van der Waals surface area contributed by atoms with Crippen molar-refractivity contribution >= 4 is 11.4 Å². The molecule has 0 aromatic heterocycles. The standard InChI is InChI=1S/C32H34N2O2/c1-24(35)29-21-28(22-30(31(29)36-2)27-11-7-4-8-12-27)26-13-15-32(16-14-26,34-19-17-33-18-20-34)23-25-9-5-3-6-10-25/h3-15,21-22,33H,16-20,23H2,1-2H3. The summed E-state index contributed by atoms with van der Waals surface area (Å²) < 4.78 is 5.74. The summed E-state index contributed by atoms with van der Waals surface area (Å²) in [5, 5.41) is 3.49. The smallest absolute Gasteiger partial charge is 0.163 e. The van der Waals surface area contributed by atoms with Crippen LogP contribution in [0.3, 0.4) is 0 Å². The summed E-state index contributed by atoms with van der Waals surface area (Å²) in [6, 6.07) is 25.1. The molecule has 3 aromatic carbocycles. The van der Waals surface area contributed by atoms with E-state index < -0.39 is 0 Å². The third kappa shape index (κ3) is 4.92. The van der Waals surface area contributed by atoms with Gasteiger partial charge in [-0.05, 0) is 54.2 Å². The molecule has 2 aliphatic rings. The van der Waals surface area contributed by atoms with Crippen molar-refractivity contribution < 1.29 is 9.53 Å². The number of hydrogen-bond acceptors (Lipinski definition) is 4. The van der Waals surface area contributed by atoms with Gasteiger partial charge in [0.15, 0.2) is 5.78 Å². The molecule has 0 amide bonds. The summed E-state index contributed by atoms with van der Waals surface area (Å²) in [6.45, 7) is 5.71. The molecule has 0 bridgehead atoms. The van der Waals surface area contributed by atoms with Crippen molar-refractivity contribution in [3.8, 4) is 16.9 Å². The number of rotatable bonds is 7. The molecule has 0 radical (unpaired) electrons. The second-order valence-corrected chi connectivity index (χ2v) is 9.73. The number of methoxy groups -OCH3 is 1. The largest absolute Gasteiger partial charge is 0.495 e. The fourth-order valence-corrected chi connectivity index (χ4v) is 5.53. The van der Waals surface area contributed by atoms with E-state index in [4.69, 9.17) is 4.74 Å². The molecule has 36 heavy (non-hydrogen) atoms. The van der Waals surface area contributed by atoms with Crippen molar-refractivity contribution in [1.29, 1.82) is 0 Å². The SMILES string of the molecule is COc1c(C(C)=O)cc(C2=CCC(Cc3ccccc3)(N3CCNCC3)C=C2)cc1-c1ccccc1. The summed E-state index contributed by atoms with van der Waals surface area (Å²) >= 11 is 0. The molecule has 5 rings (SSSR count). The second kappa shape index (κ2) is 10.7. The summed E-state index contributed by atoms with van der Waals surface area (Å²) in [5.41, 5.74) is 6.10. The first-order valence-corrected chi connectivity index (χ1v) is 12.8. The average molecular weight is 479 g/mol. The van der Waals surface area contributed by atoms with Gasteiger partial charge < -0.3 is 10.1 Å². The van der Waals surface area contributed by atoms with Gasteiger partial charge in [0.2, 0.25) is 0 Å². The zero-order valence-corrected chi connectivity index (χ0v) is 21.2. The molecule has 0 saturated carbocycles. The van der Waals surface area contributed by atoms with Gasteiger partial charge in [-0.25, -0.2) is 0 Å². The van der Waals surface area contributed by atoms with Gasteiger partial charge in [0.25, 0.3) is 0 Å². The summed E-state index contributed by atoms with van der Waals surface area (Å²) in [6.07, 6.45) is 8.92. The van der Waals surface area contributed by atoms with Gasteiger partial charge in [-0.2, -0.15) is 0 Å². The van der Waals surface area contributed by atoms with E-state index in [1.165, 1.54) is 5.56 Å². The highest BCUT2D eigenvalue weighted by atomic mass is 16.5. The Morgan fingerprint density at radius 3 is 2.28 bits per heavy atom. The number of carbonyl (C=O) groups excluding carboxylic acids is 1. The quantitative estimate of drug-likeness (QED) is 0.436. The Balaban J connectivity index is 1.53. The van der Waals surface area contributed by atoms with E-state index in [0.29, 0.717) is 11.3 Å². The van der Waals surface area contributed by atoms with Crippen LogP contribution in [0.5, 0.6) is 5.75 Å². The monoisotopic (exact) mass is 478 g/mol. The number of ketones is 1. The molecular formula is C32H34N2O2. The number of nitrogens with zero attached hydrogens (tertiary/aromatic N) is 1. The molecule has 184 valence electrons. The molecule has 1 N–H and O–H groups in total. The Morgan fingerprint density at radius 2 is 1.67 bits per heavy atom. The lowest BCUT2D eigenvalue weighted by molar-refractivity contribution is 0.101. The third-order valence-electron chi connectivity index (χ3n) is 7.44. The number of nitrogens with one attached hydrogen (secondary N) is 1. The zero-order valence-electron chi connectivity index (χ0n) is 21.2. The first kappa shape index (κ1) is 24.2. The van der Waals surface area contributed by atoms with Crippen LogP contribution in [0.2, 0.25) is 0 Å². The van der Waals surface area contributed by atoms with Crippen molar-refractivity contribution in [2.45, 2.75) is 25.3 Å². The molecule has 1 fully saturated rings. The predicted octanol–water partition coefficient (Wildman–Crippen LogP) is 5.79. The molecule has 1 unspecified atom stereocenters. The minimum absolute atomic E-state index is 0.00510. The number of Topliss-reactive ketones (excluding diaryl/α,β-unsaturated/α-hetero) is 1. The van der Waals surface area contributed by atoms with Gasteiger partial charge >= 0.3 is 0 Å². The Hall–Kier alpha value is -3.47. The molecule has 1 saturated heterocycles. The average Bonchev–Trinajstić information content (AvgIpc) is 2.94. The number of hydrogen-bond donors (Lipinski definition) is 1. The first-order chi connectivity index (χ1) is 17.6. The Bertz CT molecular complexity index is 1270. The maximum atomic E-state index is 12.6. The van der Waals surface area contributed by atoms with Crippen molar-refractivity contribution in [3.63, 3.8) is 0 Å². The normalized spacial score (nSPS) is 20.1. The van der Waals surface area contributed by atoms with Crippen LogP contribution in [-0.2, 0) is 6.42 Å². The lowest BCUT2D eigenvalue weighted by Crippen LogP contribution is -2.56. The lowest BCUT2D eigenvalue weighted by atomic mass is 9.79. The summed E-state index contributed by atoms with van der Waals surface area (Å²) in [4.78, 5) is 15.3. The van der Waals surface area contributed by atoms with Crippen molar-refractivity contribution in [1.82, 2.24) is 10.2 Å². The topological polar surface area (TPSA) is 41.6 Å². The molecule has 1 aliphatic carbocycles. The molecule has 1 atom stereocenters. The Labute approximate surface area is 214 Å². The fourth-order valence-electron chi connectivity index (χ4n) is 5.53. The van der Waals surface area contributed by atoms with Gasteiger partial charge in [0.05, 0.1) is 12.7 Å². The Morgan fingerprint density at radius 1 is 0.972 bits per heavy atom. The van der Waals surface area contributed by atoms with E-state index in [1.807, 2.05) is 24.3 Å². The van der Waals surface area contributed by atoms with Crippen molar-refractivity contribution in [2.24, 2.45) is 0 Å². The molecule has 4 heteroatoms. The Kier molecular flexibility index (Phi) is 7.17. The number of ether oxygens (including phenoxy) is 1. The summed E-state index contributed by atoms with van der Waals surface area (Å²) in [5.74, 6) is 0.641. The van der Waals surface area contributed by atoms with E-state index in [1.54, 1.807) is 14.0 Å². The number of piperazine rings is 1. The van der Waals surface area contributed by atoms with Gasteiger partial charge in [-0.15, -0.1) is 0 Å². The highest BCUT2D eigenvalue weighted by Gasteiger charge is 2.36. The molecule has 0 spiro atoms. The first-order valence-electron chi connectivity index (χ1n) is 12.8. The zero-order chi connectivity index (χ0) is 25.0. The third-order valence-corrected chi connectivity index (χ3v) is 7.44. The van der Waals surface area contributed by atoms with Crippen LogP contribution in [0, 0.1) is 0 Å². The number of carbonyl (C=O) groups is 1. The van der Waals surface area contributed by atoms with Crippen LogP contribution >= 0.6 is 0 Å². The van der Waals surface area contributed by atoms with Gasteiger partial charge in [-0.1, -0.05) is 78.9 Å². The van der Waals surface area contributed by atoms with Crippen molar-refractivity contribution in [2.75, 3.05) is 33.3 Å². The molecule has 3 aromatic rings. The van der Waals surface area contributed by atoms with E-state index in [2.05, 4.69) is 77.0 Å². The van der Waals surface area contributed by atoms with Crippen LogP contribution in [0.1, 0.15) is 34.8 Å². The minimum atomic E-state index is -0.0505. The highest BCUT2D eigenvalue weighted by molar-refractivity contribution is 6.01. The van der Waals surface area contributed by atoms with Crippen LogP contribution in [0.4, 0.5) is 0 Å². The highest BCUT2D eigenvalue weighted by Crippen LogP contribution is 2.39. The van der Waals surface area contributed by atoms with Crippen LogP contribution in [-0.4, -0.2) is 49.5 Å². The molecule has 1 aliphatic heterocycles. The lowest BCUT2D eigenvalue weighted by Gasteiger charge is -2.45. The summed E-state index contributed by atoms with van der Waals surface area (Å²) in [7, 11) is 1.64. The van der Waals surface area contributed by atoms with Crippen molar-refractivity contribution in [3.05, 3.63) is 108 Å². The van der Waals surface area contributed by atoms with Gasteiger partial charge in [0, 0.05) is 37.3 Å². The number of allylic oxidation sites excluding steroid dienone is 2. The van der Waals surface area contributed by atoms with E-state index >= 15 is 0 Å². The van der Waals surface area contributed by atoms with Crippen LogP contribution in [0.15, 0.2) is 91.0 Å². The van der Waals surface area contributed by atoms with E-state index in [0.717, 1.165) is 61.3 Å². The van der Waals surface area contributed by atoms with Gasteiger partial charge in [-0.3, -0.25) is 9.69 Å². The maximum absolute atomic E-state index is 12.6. The van der Waals surface area contributed by atoms with Crippen LogP contribution in [0.25, 0.3) is 16.7 Å². The maximum Gasteiger partial charge on any atom is 0.163 e. The van der Waals surface area contributed by atoms with Gasteiger partial charge in [0.1, 0.15) is 5.75 Å². The van der Waals surface area contributed by atoms with Crippen LogP contribution < -0.4 is 10.1 Å². The second-order valence-electron chi connectivity index (χ2n) is 9.73. The fraction of sp³-hybridized carbons (Fsp3) is 0.281. The molecule has 1 heterocycles. The molecule has 4 nitrogen and oxygen atoms in total.